The molecular formula is C7H10BrN. The first-order valence-electron chi connectivity index (χ1n) is 2.94. The molecule has 0 fully saturated rings. The molecule has 0 saturated carbocycles. The molecule has 50 valence electrons. The van der Waals surface area contributed by atoms with Gasteiger partial charge < -0.3 is 4.57 Å². The maximum atomic E-state index is 3.40. The number of alkyl halides is 1. The van der Waals surface area contributed by atoms with Crippen molar-refractivity contribution in [2.75, 3.05) is 0 Å². The quantitative estimate of drug-likeness (QED) is 0.596. The molecule has 0 aliphatic heterocycles. The van der Waals surface area contributed by atoms with Crippen molar-refractivity contribution in [2.45, 2.75) is 19.3 Å². The molecule has 0 aliphatic rings. The highest BCUT2D eigenvalue weighted by atomic mass is 79.9. The molecule has 0 unspecified atom stereocenters. The third-order valence-corrected chi connectivity index (χ3v) is 2.04. The summed E-state index contributed by atoms with van der Waals surface area (Å²) >= 11 is 3.40. The fourth-order valence-electron chi connectivity index (χ4n) is 0.888. The topological polar surface area (TPSA) is 4.93 Å². The van der Waals surface area contributed by atoms with Gasteiger partial charge in [0.15, 0.2) is 0 Å². The van der Waals surface area contributed by atoms with Crippen molar-refractivity contribution in [3.63, 3.8) is 0 Å². The molecule has 0 aromatic carbocycles. The number of nitrogens with zero attached hydrogens (tertiary/aromatic N) is 1. The summed E-state index contributed by atoms with van der Waals surface area (Å²) < 4.78 is 2.21. The van der Waals surface area contributed by atoms with Gasteiger partial charge in [-0.1, -0.05) is 15.9 Å². The van der Waals surface area contributed by atoms with Gasteiger partial charge in [-0.05, 0) is 26.0 Å². The van der Waals surface area contributed by atoms with Crippen LogP contribution in [0.5, 0.6) is 0 Å². The van der Waals surface area contributed by atoms with Gasteiger partial charge in [-0.3, -0.25) is 0 Å². The molecule has 0 bridgehead atoms. The second-order valence-corrected chi connectivity index (χ2v) is 2.67. The van der Waals surface area contributed by atoms with Gasteiger partial charge in [0.05, 0.1) is 5.45 Å². The lowest BCUT2D eigenvalue weighted by Gasteiger charge is -2.01. The van der Waals surface area contributed by atoms with Crippen molar-refractivity contribution in [1.29, 1.82) is 0 Å². The van der Waals surface area contributed by atoms with Crippen LogP contribution in [-0.4, -0.2) is 4.57 Å². The average molecular weight is 188 g/mol. The Morgan fingerprint density at radius 3 is 2.00 bits per heavy atom. The van der Waals surface area contributed by atoms with Gasteiger partial charge in [-0.15, -0.1) is 0 Å². The van der Waals surface area contributed by atoms with Crippen molar-refractivity contribution >= 4 is 15.9 Å². The smallest absolute Gasteiger partial charge is 0.0778 e. The second kappa shape index (κ2) is 2.56. The summed E-state index contributed by atoms with van der Waals surface area (Å²) in [6.07, 6.45) is 0. The molecule has 0 atom stereocenters. The molecule has 9 heavy (non-hydrogen) atoms. The van der Waals surface area contributed by atoms with Crippen LogP contribution in [0.4, 0.5) is 0 Å². The van der Waals surface area contributed by atoms with E-state index in [1.54, 1.807) is 0 Å². The predicted molar refractivity (Wildman–Crippen MR) is 42.8 cm³/mol. The van der Waals surface area contributed by atoms with Gasteiger partial charge in [-0.25, -0.2) is 0 Å². The van der Waals surface area contributed by atoms with Crippen molar-refractivity contribution < 1.29 is 0 Å². The lowest BCUT2D eigenvalue weighted by molar-refractivity contribution is 0.834. The summed E-state index contributed by atoms with van der Waals surface area (Å²) in [5.74, 6) is 0. The molecule has 1 nitrogen and oxygen atoms in total. The Bertz CT molecular complexity index is 183. The molecular weight excluding hydrogens is 178 g/mol. The molecule has 0 saturated heterocycles. The highest BCUT2D eigenvalue weighted by Crippen LogP contribution is 2.07. The van der Waals surface area contributed by atoms with Gasteiger partial charge in [0.2, 0.25) is 0 Å². The Balaban J connectivity index is 3.07. The Kier molecular flexibility index (Phi) is 1.96. The number of aromatic nitrogens is 1. The molecule has 2 heteroatoms. The van der Waals surface area contributed by atoms with Gasteiger partial charge in [0, 0.05) is 11.4 Å². The van der Waals surface area contributed by atoms with Crippen LogP contribution in [0.15, 0.2) is 12.1 Å². The normalized spacial score (nSPS) is 10.1. The molecule has 0 aliphatic carbocycles. The molecule has 0 radical (unpaired) electrons. The van der Waals surface area contributed by atoms with Gasteiger partial charge in [0.25, 0.3) is 0 Å². The molecule has 1 aromatic heterocycles. The molecule has 1 aromatic rings. The first-order valence-corrected chi connectivity index (χ1v) is 4.06. The minimum absolute atomic E-state index is 0.900. The number of halogens is 1. The summed E-state index contributed by atoms with van der Waals surface area (Å²) in [6, 6.07) is 4.24. The van der Waals surface area contributed by atoms with E-state index in [0.717, 1.165) is 5.45 Å². The Labute approximate surface area is 63.8 Å². The Morgan fingerprint density at radius 1 is 1.33 bits per heavy atom. The van der Waals surface area contributed by atoms with E-state index in [4.69, 9.17) is 0 Å². The predicted octanol–water partition coefficient (Wildman–Crippen LogP) is 2.46. The summed E-state index contributed by atoms with van der Waals surface area (Å²) in [7, 11) is 0. The van der Waals surface area contributed by atoms with Crippen LogP contribution in [0.3, 0.4) is 0 Å². The summed E-state index contributed by atoms with van der Waals surface area (Å²) in [5, 5.41) is 0. The maximum absolute atomic E-state index is 3.40. The van der Waals surface area contributed by atoms with Crippen LogP contribution in [0.25, 0.3) is 0 Å². The summed E-state index contributed by atoms with van der Waals surface area (Å²) in [5.41, 5.74) is 3.52. The second-order valence-electron chi connectivity index (χ2n) is 2.16. The maximum Gasteiger partial charge on any atom is 0.0778 e. The van der Waals surface area contributed by atoms with E-state index in [2.05, 4.69) is 46.5 Å². The number of hydrogen-bond donors (Lipinski definition) is 0. The minimum atomic E-state index is 0.900. The average Bonchev–Trinajstić information content (AvgIpc) is 2.12. The SMILES string of the molecule is Cc1ccc(C)n1CBr. The van der Waals surface area contributed by atoms with Crippen LogP contribution in [0, 0.1) is 13.8 Å². The van der Waals surface area contributed by atoms with Crippen molar-refractivity contribution in [1.82, 2.24) is 4.57 Å². The van der Waals surface area contributed by atoms with Crippen LogP contribution >= 0.6 is 15.9 Å². The molecule has 1 heterocycles. The molecule has 0 N–H and O–H groups in total. The van der Waals surface area contributed by atoms with Crippen LogP contribution < -0.4 is 0 Å². The zero-order chi connectivity index (χ0) is 6.85. The van der Waals surface area contributed by atoms with Crippen molar-refractivity contribution in [2.24, 2.45) is 0 Å². The first kappa shape index (κ1) is 6.87. The lowest BCUT2D eigenvalue weighted by atomic mass is 10.5. The van der Waals surface area contributed by atoms with E-state index in [0.29, 0.717) is 0 Å². The van der Waals surface area contributed by atoms with Crippen LogP contribution in [-0.2, 0) is 5.45 Å². The third kappa shape index (κ3) is 1.18. The molecule has 0 spiro atoms. The first-order chi connectivity index (χ1) is 4.25. The third-order valence-electron chi connectivity index (χ3n) is 1.54. The van der Waals surface area contributed by atoms with Gasteiger partial charge in [0.1, 0.15) is 0 Å². The Hall–Kier alpha value is -0.240. The minimum Gasteiger partial charge on any atom is -0.339 e. The van der Waals surface area contributed by atoms with Gasteiger partial charge >= 0.3 is 0 Å². The van der Waals surface area contributed by atoms with Crippen molar-refractivity contribution in [3.8, 4) is 0 Å². The highest BCUT2D eigenvalue weighted by Gasteiger charge is 1.95. The van der Waals surface area contributed by atoms with Crippen LogP contribution in [0.1, 0.15) is 11.4 Å². The number of hydrogen-bond acceptors (Lipinski definition) is 0. The molecule has 1 rings (SSSR count). The number of rotatable bonds is 1. The zero-order valence-electron chi connectivity index (χ0n) is 5.69. The van der Waals surface area contributed by atoms with Gasteiger partial charge in [-0.2, -0.15) is 0 Å². The van der Waals surface area contributed by atoms with E-state index in [9.17, 15) is 0 Å². The Morgan fingerprint density at radius 2 is 1.78 bits per heavy atom. The fraction of sp³-hybridized carbons (Fsp3) is 0.429. The van der Waals surface area contributed by atoms with E-state index in [-0.39, 0.29) is 0 Å². The van der Waals surface area contributed by atoms with E-state index >= 15 is 0 Å². The molecule has 0 amide bonds. The van der Waals surface area contributed by atoms with E-state index < -0.39 is 0 Å². The lowest BCUT2D eigenvalue weighted by Crippen LogP contribution is -1.95. The van der Waals surface area contributed by atoms with Crippen molar-refractivity contribution in [3.05, 3.63) is 23.5 Å². The number of aryl methyl sites for hydroxylation is 2. The van der Waals surface area contributed by atoms with Crippen LogP contribution in [0.2, 0.25) is 0 Å². The van der Waals surface area contributed by atoms with E-state index in [1.807, 2.05) is 0 Å². The highest BCUT2D eigenvalue weighted by molar-refractivity contribution is 9.08. The summed E-state index contributed by atoms with van der Waals surface area (Å²) in [4.78, 5) is 0. The van der Waals surface area contributed by atoms with E-state index in [1.165, 1.54) is 11.4 Å². The standard InChI is InChI=1S/C7H10BrN/c1-6-3-4-7(2)9(6)5-8/h3-4H,5H2,1-2H3. The zero-order valence-corrected chi connectivity index (χ0v) is 7.27. The summed E-state index contributed by atoms with van der Waals surface area (Å²) in [6.45, 7) is 4.21. The largest absolute Gasteiger partial charge is 0.339 e. The fourth-order valence-corrected chi connectivity index (χ4v) is 1.68. The monoisotopic (exact) mass is 187 g/mol.